The van der Waals surface area contributed by atoms with Gasteiger partial charge in [0.15, 0.2) is 5.82 Å². The van der Waals surface area contributed by atoms with Gasteiger partial charge in [0.05, 0.1) is 11.8 Å². The number of carbonyl (C=O) groups is 1. The van der Waals surface area contributed by atoms with Crippen LogP contribution in [-0.4, -0.2) is 25.6 Å². The molecule has 7 heteroatoms. The van der Waals surface area contributed by atoms with Crippen LogP contribution in [0, 0.1) is 0 Å². The van der Waals surface area contributed by atoms with Crippen LogP contribution < -0.4 is 10.5 Å². The number of hydrogen-bond donors (Lipinski definition) is 2. The number of nitrogens with two attached hydrogens (primary N) is 1. The van der Waals surface area contributed by atoms with Crippen LogP contribution in [0.5, 0.6) is 0 Å². The van der Waals surface area contributed by atoms with E-state index in [9.17, 15) is 13.2 Å². The molecule has 0 aliphatic heterocycles. The predicted octanol–water partition coefficient (Wildman–Crippen LogP) is -0.448. The number of sulfonamides is 1. The second-order valence-corrected chi connectivity index (χ2v) is 4.39. The Morgan fingerprint density at radius 2 is 2.21 bits per heavy atom. The number of hydrogen-bond acceptors (Lipinski definition) is 4. The molecule has 0 fully saturated rings. The predicted molar refractivity (Wildman–Crippen MR) is 51.2 cm³/mol. The zero-order valence-corrected chi connectivity index (χ0v) is 8.21. The first-order valence-corrected chi connectivity index (χ1v) is 5.52. The molecule has 3 N–H and O–H groups in total. The Kier molecular flexibility index (Phi) is 2.70. The zero-order valence-electron chi connectivity index (χ0n) is 7.39. The number of aromatic nitrogens is 1. The van der Waals surface area contributed by atoms with Crippen LogP contribution in [0.15, 0.2) is 18.3 Å². The molecule has 0 unspecified atom stereocenters. The highest BCUT2D eigenvalue weighted by molar-refractivity contribution is 7.92. The summed E-state index contributed by atoms with van der Waals surface area (Å²) in [6.07, 6.45) is 2.33. The minimum absolute atomic E-state index is 0.0397. The molecular weight excluding hydrogens is 206 g/mol. The smallest absolute Gasteiger partial charge is 0.252 e. The minimum Gasteiger partial charge on any atom is -0.365 e. The van der Waals surface area contributed by atoms with Crippen LogP contribution >= 0.6 is 0 Å². The van der Waals surface area contributed by atoms with E-state index in [1.165, 1.54) is 18.3 Å². The Balaban J connectivity index is 3.15. The van der Waals surface area contributed by atoms with Gasteiger partial charge in [-0.05, 0) is 12.1 Å². The van der Waals surface area contributed by atoms with Crippen LogP contribution in [-0.2, 0) is 10.0 Å². The zero-order chi connectivity index (χ0) is 10.8. The topological polar surface area (TPSA) is 102 Å². The van der Waals surface area contributed by atoms with E-state index in [1.54, 1.807) is 0 Å². The van der Waals surface area contributed by atoms with Crippen LogP contribution in [0.1, 0.15) is 10.4 Å². The molecule has 0 bridgehead atoms. The summed E-state index contributed by atoms with van der Waals surface area (Å²) in [5, 5.41) is 0. The van der Waals surface area contributed by atoms with Gasteiger partial charge in [-0.2, -0.15) is 0 Å². The molecular formula is C7H9N3O3S. The fraction of sp³-hybridized carbons (Fsp3) is 0.143. The number of nitrogens with zero attached hydrogens (tertiary/aromatic N) is 1. The van der Waals surface area contributed by atoms with Crippen LogP contribution in [0.4, 0.5) is 5.82 Å². The number of nitrogens with one attached hydrogen (secondary N) is 1. The Bertz CT molecular complexity index is 455. The molecule has 76 valence electrons. The number of rotatable bonds is 3. The third-order valence-corrected chi connectivity index (χ3v) is 1.92. The van der Waals surface area contributed by atoms with E-state index in [0.29, 0.717) is 0 Å². The van der Waals surface area contributed by atoms with E-state index in [0.717, 1.165) is 6.26 Å². The standard InChI is InChI=1S/C7H9N3O3S/c1-14(12,13)10-7-5(6(8)11)3-2-4-9-7/h2-4H,1H3,(H2,8,11)(H,9,10). The quantitative estimate of drug-likeness (QED) is 0.712. The lowest BCUT2D eigenvalue weighted by atomic mass is 10.2. The molecule has 0 saturated heterocycles. The minimum atomic E-state index is -3.45. The third kappa shape index (κ3) is 2.70. The van der Waals surface area contributed by atoms with Crippen molar-refractivity contribution in [3.63, 3.8) is 0 Å². The summed E-state index contributed by atoms with van der Waals surface area (Å²) in [5.74, 6) is -0.785. The number of carbonyl (C=O) groups excluding carboxylic acids is 1. The molecule has 1 heterocycles. The van der Waals surface area contributed by atoms with Crippen molar-refractivity contribution in [2.75, 3.05) is 11.0 Å². The second kappa shape index (κ2) is 3.62. The van der Waals surface area contributed by atoms with Crippen molar-refractivity contribution in [3.05, 3.63) is 23.9 Å². The van der Waals surface area contributed by atoms with Gasteiger partial charge >= 0.3 is 0 Å². The summed E-state index contributed by atoms with van der Waals surface area (Å²) in [7, 11) is -3.45. The largest absolute Gasteiger partial charge is 0.365 e. The highest BCUT2D eigenvalue weighted by Gasteiger charge is 2.11. The fourth-order valence-corrected chi connectivity index (χ4v) is 1.37. The van der Waals surface area contributed by atoms with Crippen LogP contribution in [0.25, 0.3) is 0 Å². The molecule has 0 atom stereocenters. The summed E-state index contributed by atoms with van der Waals surface area (Å²) in [5.41, 5.74) is 5.06. The van der Waals surface area contributed by atoms with Crippen molar-refractivity contribution in [3.8, 4) is 0 Å². The van der Waals surface area contributed by atoms with E-state index in [-0.39, 0.29) is 11.4 Å². The van der Waals surface area contributed by atoms with Gasteiger partial charge < -0.3 is 5.73 Å². The Morgan fingerprint density at radius 3 is 2.71 bits per heavy atom. The maximum Gasteiger partial charge on any atom is 0.252 e. The number of primary amides is 1. The van der Waals surface area contributed by atoms with Gasteiger partial charge in [0.25, 0.3) is 5.91 Å². The van der Waals surface area contributed by atoms with Crippen molar-refractivity contribution in [2.24, 2.45) is 5.73 Å². The molecule has 1 amide bonds. The van der Waals surface area contributed by atoms with Crippen molar-refractivity contribution < 1.29 is 13.2 Å². The molecule has 0 aliphatic rings. The van der Waals surface area contributed by atoms with E-state index in [4.69, 9.17) is 5.73 Å². The first-order chi connectivity index (χ1) is 6.40. The Labute approximate surface area is 81.2 Å². The molecule has 0 spiro atoms. The molecule has 1 aromatic heterocycles. The molecule has 1 rings (SSSR count). The highest BCUT2D eigenvalue weighted by Crippen LogP contribution is 2.11. The van der Waals surface area contributed by atoms with Crippen molar-refractivity contribution in [1.82, 2.24) is 4.98 Å². The Morgan fingerprint density at radius 1 is 1.57 bits per heavy atom. The van der Waals surface area contributed by atoms with E-state index >= 15 is 0 Å². The molecule has 0 aromatic carbocycles. The molecule has 0 aliphatic carbocycles. The normalized spacial score (nSPS) is 10.9. The van der Waals surface area contributed by atoms with Gasteiger partial charge in [-0.1, -0.05) is 0 Å². The maximum absolute atomic E-state index is 10.9. The number of pyridine rings is 1. The summed E-state index contributed by atoms with van der Waals surface area (Å²) in [6.45, 7) is 0. The Hall–Kier alpha value is -1.63. The molecule has 1 aromatic rings. The average Bonchev–Trinajstić information content (AvgIpc) is 2.01. The molecule has 6 nitrogen and oxygen atoms in total. The molecule has 14 heavy (non-hydrogen) atoms. The fourth-order valence-electron chi connectivity index (χ4n) is 0.861. The highest BCUT2D eigenvalue weighted by atomic mass is 32.2. The maximum atomic E-state index is 10.9. The summed E-state index contributed by atoms with van der Waals surface area (Å²) in [4.78, 5) is 14.5. The average molecular weight is 215 g/mol. The summed E-state index contributed by atoms with van der Waals surface area (Å²) < 4.78 is 23.8. The van der Waals surface area contributed by atoms with Crippen LogP contribution in [0.3, 0.4) is 0 Å². The number of amides is 1. The second-order valence-electron chi connectivity index (χ2n) is 2.64. The van der Waals surface area contributed by atoms with Crippen molar-refractivity contribution in [1.29, 1.82) is 0 Å². The van der Waals surface area contributed by atoms with Gasteiger partial charge in [0, 0.05) is 6.20 Å². The summed E-state index contributed by atoms with van der Waals surface area (Å²) in [6, 6.07) is 2.89. The first kappa shape index (κ1) is 10.5. The van der Waals surface area contributed by atoms with Gasteiger partial charge in [0.2, 0.25) is 10.0 Å². The lowest BCUT2D eigenvalue weighted by Gasteiger charge is -2.05. The first-order valence-electron chi connectivity index (χ1n) is 3.63. The third-order valence-electron chi connectivity index (χ3n) is 1.36. The van der Waals surface area contributed by atoms with Gasteiger partial charge in [-0.15, -0.1) is 0 Å². The lowest BCUT2D eigenvalue weighted by molar-refractivity contribution is 0.100. The monoisotopic (exact) mass is 215 g/mol. The van der Waals surface area contributed by atoms with E-state index in [1.807, 2.05) is 0 Å². The van der Waals surface area contributed by atoms with E-state index < -0.39 is 15.9 Å². The van der Waals surface area contributed by atoms with Gasteiger partial charge in [-0.3, -0.25) is 9.52 Å². The molecule has 0 saturated carbocycles. The molecule has 0 radical (unpaired) electrons. The lowest BCUT2D eigenvalue weighted by Crippen LogP contribution is -2.18. The van der Waals surface area contributed by atoms with Crippen molar-refractivity contribution >= 4 is 21.7 Å². The SMILES string of the molecule is CS(=O)(=O)Nc1ncccc1C(N)=O. The van der Waals surface area contributed by atoms with Crippen molar-refractivity contribution in [2.45, 2.75) is 0 Å². The summed E-state index contributed by atoms with van der Waals surface area (Å²) >= 11 is 0. The van der Waals surface area contributed by atoms with E-state index in [2.05, 4.69) is 9.71 Å². The van der Waals surface area contributed by atoms with Gasteiger partial charge in [0.1, 0.15) is 0 Å². The van der Waals surface area contributed by atoms with Crippen LogP contribution in [0.2, 0.25) is 0 Å². The van der Waals surface area contributed by atoms with Gasteiger partial charge in [-0.25, -0.2) is 13.4 Å². The number of anilines is 1.